The van der Waals surface area contributed by atoms with Gasteiger partial charge in [-0.1, -0.05) is 30.1 Å². The molecule has 0 radical (unpaired) electrons. The molecule has 33 heavy (non-hydrogen) atoms. The molecule has 0 unspecified atom stereocenters. The molecule has 3 rings (SSSR count). The van der Waals surface area contributed by atoms with Crippen LogP contribution >= 0.6 is 23.2 Å². The smallest absolute Gasteiger partial charge is 0.338 e. The Balaban J connectivity index is 1.52. The fourth-order valence-corrected chi connectivity index (χ4v) is 3.66. The van der Waals surface area contributed by atoms with Gasteiger partial charge in [-0.2, -0.15) is 0 Å². The molecule has 10 heteroatoms. The molecule has 1 atom stereocenters. The quantitative estimate of drug-likeness (QED) is 0.556. The number of carbonyl (C=O) groups excluding carboxylic acids is 4. The van der Waals surface area contributed by atoms with E-state index in [0.717, 1.165) is 6.42 Å². The molecule has 1 heterocycles. The maximum Gasteiger partial charge on any atom is 0.338 e. The van der Waals surface area contributed by atoms with Gasteiger partial charge in [0.25, 0.3) is 5.91 Å². The second-order valence-electron chi connectivity index (χ2n) is 7.37. The van der Waals surface area contributed by atoms with Crippen molar-refractivity contribution in [2.24, 2.45) is 5.92 Å². The number of anilines is 2. The van der Waals surface area contributed by atoms with Crippen molar-refractivity contribution in [2.75, 3.05) is 30.0 Å². The van der Waals surface area contributed by atoms with Gasteiger partial charge in [-0.25, -0.2) is 4.79 Å². The van der Waals surface area contributed by atoms with Crippen molar-refractivity contribution in [3.05, 3.63) is 58.1 Å². The minimum absolute atomic E-state index is 0.0379. The molecule has 2 aromatic rings. The standard InChI is InChI=1S/C23H22Cl2N2O6/c1-2-9-32-22(30)14-3-6-17(7-4-14)27-12-15(10-21(27)29)23(31)33-13-20(28)26-19-8-5-16(24)11-18(19)25/h3-8,11,15H,2,9-10,12-13H2,1H3,(H,26,28)/t15-/m1/s1. The van der Waals surface area contributed by atoms with E-state index in [1.807, 2.05) is 6.92 Å². The summed E-state index contributed by atoms with van der Waals surface area (Å²) in [6.07, 6.45) is 0.684. The maximum absolute atomic E-state index is 12.4. The van der Waals surface area contributed by atoms with E-state index in [-0.39, 0.29) is 23.9 Å². The number of nitrogens with zero attached hydrogens (tertiary/aromatic N) is 1. The van der Waals surface area contributed by atoms with E-state index in [2.05, 4.69) is 5.32 Å². The Labute approximate surface area is 200 Å². The van der Waals surface area contributed by atoms with E-state index in [0.29, 0.717) is 28.6 Å². The highest BCUT2D eigenvalue weighted by Gasteiger charge is 2.36. The van der Waals surface area contributed by atoms with Crippen molar-refractivity contribution >= 4 is 58.3 Å². The highest BCUT2D eigenvalue weighted by Crippen LogP contribution is 2.27. The summed E-state index contributed by atoms with van der Waals surface area (Å²) in [5.74, 6) is -2.62. The van der Waals surface area contributed by atoms with E-state index < -0.39 is 30.4 Å². The van der Waals surface area contributed by atoms with Crippen LogP contribution in [0.5, 0.6) is 0 Å². The van der Waals surface area contributed by atoms with Gasteiger partial charge in [0, 0.05) is 23.7 Å². The number of benzene rings is 2. The molecule has 0 saturated carbocycles. The Kier molecular flexibility index (Phi) is 8.30. The average molecular weight is 493 g/mol. The topological polar surface area (TPSA) is 102 Å². The third kappa shape index (κ3) is 6.46. The minimum Gasteiger partial charge on any atom is -0.462 e. The van der Waals surface area contributed by atoms with Crippen LogP contribution in [-0.4, -0.2) is 43.5 Å². The molecule has 174 valence electrons. The molecule has 2 aromatic carbocycles. The first-order chi connectivity index (χ1) is 15.8. The lowest BCUT2D eigenvalue weighted by molar-refractivity contribution is -0.151. The van der Waals surface area contributed by atoms with Crippen LogP contribution in [0.3, 0.4) is 0 Å². The number of halogens is 2. The summed E-state index contributed by atoms with van der Waals surface area (Å²) in [5, 5.41) is 3.21. The van der Waals surface area contributed by atoms with E-state index in [9.17, 15) is 19.2 Å². The van der Waals surface area contributed by atoms with Gasteiger partial charge in [0.2, 0.25) is 5.91 Å². The molecule has 1 aliphatic rings. The summed E-state index contributed by atoms with van der Waals surface area (Å²) in [6, 6.07) is 11.0. The van der Waals surface area contributed by atoms with Crippen LogP contribution < -0.4 is 10.2 Å². The third-order valence-electron chi connectivity index (χ3n) is 4.86. The molecule has 1 aliphatic heterocycles. The molecule has 0 aromatic heterocycles. The number of rotatable bonds is 8. The lowest BCUT2D eigenvalue weighted by Gasteiger charge is -2.17. The first-order valence-corrected chi connectivity index (χ1v) is 11.0. The van der Waals surface area contributed by atoms with Crippen molar-refractivity contribution in [3.8, 4) is 0 Å². The zero-order valence-corrected chi connectivity index (χ0v) is 19.3. The SMILES string of the molecule is CCCOC(=O)c1ccc(N2C[C@H](C(=O)OCC(=O)Nc3ccc(Cl)cc3Cl)CC2=O)cc1. The lowest BCUT2D eigenvalue weighted by atomic mass is 10.1. The van der Waals surface area contributed by atoms with Crippen LogP contribution in [0.4, 0.5) is 11.4 Å². The van der Waals surface area contributed by atoms with Crippen LogP contribution in [0.1, 0.15) is 30.1 Å². The first kappa shape index (κ1) is 24.5. The van der Waals surface area contributed by atoms with E-state index >= 15 is 0 Å². The Morgan fingerprint density at radius 1 is 1.09 bits per heavy atom. The van der Waals surface area contributed by atoms with Crippen molar-refractivity contribution in [1.82, 2.24) is 0 Å². The summed E-state index contributed by atoms with van der Waals surface area (Å²) in [4.78, 5) is 50.2. The predicted molar refractivity (Wildman–Crippen MR) is 124 cm³/mol. The first-order valence-electron chi connectivity index (χ1n) is 10.3. The van der Waals surface area contributed by atoms with Gasteiger partial charge < -0.3 is 19.7 Å². The number of hydrogen-bond donors (Lipinski definition) is 1. The molecule has 0 spiro atoms. The number of carbonyl (C=O) groups is 4. The van der Waals surface area contributed by atoms with Crippen LogP contribution in [0.25, 0.3) is 0 Å². The Morgan fingerprint density at radius 3 is 2.48 bits per heavy atom. The van der Waals surface area contributed by atoms with Gasteiger partial charge in [0.1, 0.15) is 0 Å². The highest BCUT2D eigenvalue weighted by molar-refractivity contribution is 6.36. The predicted octanol–water partition coefficient (Wildman–Crippen LogP) is 4.10. The van der Waals surface area contributed by atoms with Crippen molar-refractivity contribution < 1.29 is 28.7 Å². The zero-order chi connectivity index (χ0) is 24.0. The molecule has 0 aliphatic carbocycles. The lowest BCUT2D eigenvalue weighted by Crippen LogP contribution is -2.28. The number of ether oxygens (including phenoxy) is 2. The van der Waals surface area contributed by atoms with Crippen LogP contribution in [0, 0.1) is 5.92 Å². The van der Waals surface area contributed by atoms with Crippen LogP contribution in [0.2, 0.25) is 10.0 Å². The average Bonchev–Trinajstić information content (AvgIpc) is 3.19. The van der Waals surface area contributed by atoms with Gasteiger partial charge in [-0.05, 0) is 48.9 Å². The highest BCUT2D eigenvalue weighted by atomic mass is 35.5. The zero-order valence-electron chi connectivity index (χ0n) is 17.8. The Hall–Kier alpha value is -3.10. The number of nitrogens with one attached hydrogen (secondary N) is 1. The van der Waals surface area contributed by atoms with Crippen LogP contribution in [-0.2, 0) is 23.9 Å². The van der Waals surface area contributed by atoms with E-state index in [1.165, 1.54) is 17.0 Å². The number of amides is 2. The third-order valence-corrected chi connectivity index (χ3v) is 5.41. The Morgan fingerprint density at radius 2 is 1.82 bits per heavy atom. The fourth-order valence-electron chi connectivity index (χ4n) is 3.20. The fraction of sp³-hybridized carbons (Fsp3) is 0.304. The second kappa shape index (κ2) is 11.2. The molecule has 1 fully saturated rings. The largest absolute Gasteiger partial charge is 0.462 e. The molecule has 8 nitrogen and oxygen atoms in total. The monoisotopic (exact) mass is 492 g/mol. The Bertz CT molecular complexity index is 1060. The van der Waals surface area contributed by atoms with Gasteiger partial charge in [-0.15, -0.1) is 0 Å². The van der Waals surface area contributed by atoms with Crippen molar-refractivity contribution in [2.45, 2.75) is 19.8 Å². The summed E-state index contributed by atoms with van der Waals surface area (Å²) in [7, 11) is 0. The molecule has 1 saturated heterocycles. The number of hydrogen-bond acceptors (Lipinski definition) is 6. The van der Waals surface area contributed by atoms with Gasteiger partial charge in [0.15, 0.2) is 6.61 Å². The summed E-state index contributed by atoms with van der Waals surface area (Å²) < 4.78 is 10.2. The normalized spacial score (nSPS) is 15.3. The summed E-state index contributed by atoms with van der Waals surface area (Å²) in [5.41, 5.74) is 1.27. The molecular weight excluding hydrogens is 471 g/mol. The maximum atomic E-state index is 12.4. The molecule has 1 N–H and O–H groups in total. The summed E-state index contributed by atoms with van der Waals surface area (Å²) in [6.45, 7) is 1.83. The van der Waals surface area contributed by atoms with E-state index in [1.54, 1.807) is 30.3 Å². The molecule has 0 bridgehead atoms. The molecule has 2 amide bonds. The van der Waals surface area contributed by atoms with Gasteiger partial charge in [-0.3, -0.25) is 14.4 Å². The van der Waals surface area contributed by atoms with Crippen LogP contribution in [0.15, 0.2) is 42.5 Å². The summed E-state index contributed by atoms with van der Waals surface area (Å²) >= 11 is 11.8. The molecular formula is C23H22Cl2N2O6. The van der Waals surface area contributed by atoms with Gasteiger partial charge >= 0.3 is 11.9 Å². The van der Waals surface area contributed by atoms with Crippen molar-refractivity contribution in [1.29, 1.82) is 0 Å². The minimum atomic E-state index is -0.710. The van der Waals surface area contributed by atoms with Gasteiger partial charge in [0.05, 0.1) is 28.8 Å². The van der Waals surface area contributed by atoms with Crippen molar-refractivity contribution in [3.63, 3.8) is 0 Å². The second-order valence-corrected chi connectivity index (χ2v) is 8.21. The number of esters is 2. The van der Waals surface area contributed by atoms with E-state index in [4.69, 9.17) is 32.7 Å².